The van der Waals surface area contributed by atoms with Crippen molar-refractivity contribution in [3.8, 4) is 11.3 Å². The lowest BCUT2D eigenvalue weighted by atomic mass is 10.2. The summed E-state index contributed by atoms with van der Waals surface area (Å²) >= 11 is 7.03. The van der Waals surface area contributed by atoms with Crippen LogP contribution in [-0.2, 0) is 4.79 Å². The van der Waals surface area contributed by atoms with Crippen LogP contribution < -0.4 is 11.1 Å². The van der Waals surface area contributed by atoms with Crippen LogP contribution in [0.1, 0.15) is 19.8 Å². The van der Waals surface area contributed by atoms with Gasteiger partial charge in [0.25, 0.3) is 0 Å². The zero-order chi connectivity index (χ0) is 15.4. The zero-order valence-electron chi connectivity index (χ0n) is 11.4. The first-order chi connectivity index (χ1) is 10.0. The molecule has 0 aliphatic heterocycles. The van der Waals surface area contributed by atoms with Gasteiger partial charge in [0.2, 0.25) is 5.91 Å². The van der Waals surface area contributed by atoms with Crippen LogP contribution in [-0.4, -0.2) is 16.9 Å². The Morgan fingerprint density at radius 2 is 2.33 bits per heavy atom. The molecule has 4 nitrogen and oxygen atoms in total. The summed E-state index contributed by atoms with van der Waals surface area (Å²) in [7, 11) is 0. The smallest absolute Gasteiger partial charge is 0.243 e. The molecule has 0 radical (unpaired) electrons. The van der Waals surface area contributed by atoms with Crippen molar-refractivity contribution < 1.29 is 9.18 Å². The summed E-state index contributed by atoms with van der Waals surface area (Å²) in [6.45, 7) is 1.97. The third-order valence-corrected chi connectivity index (χ3v) is 3.93. The molecule has 1 aromatic carbocycles. The van der Waals surface area contributed by atoms with Crippen molar-refractivity contribution in [1.82, 2.24) is 4.98 Å². The highest BCUT2D eigenvalue weighted by Crippen LogP contribution is 2.28. The van der Waals surface area contributed by atoms with Gasteiger partial charge in [-0.05, 0) is 24.6 Å². The quantitative estimate of drug-likeness (QED) is 0.880. The first kappa shape index (κ1) is 15.9. The van der Waals surface area contributed by atoms with Crippen molar-refractivity contribution in [2.24, 2.45) is 5.73 Å². The average molecular weight is 328 g/mol. The molecule has 3 N–H and O–H groups in total. The number of amides is 1. The minimum absolute atomic E-state index is 0.0380. The van der Waals surface area contributed by atoms with Crippen LogP contribution in [0, 0.1) is 5.82 Å². The summed E-state index contributed by atoms with van der Waals surface area (Å²) < 4.78 is 13.1. The highest BCUT2D eigenvalue weighted by Gasteiger charge is 2.14. The molecule has 7 heteroatoms. The number of nitrogens with zero attached hydrogens (tertiary/aromatic N) is 1. The van der Waals surface area contributed by atoms with Crippen LogP contribution in [0.5, 0.6) is 0 Å². The first-order valence-corrected chi connectivity index (χ1v) is 7.74. The van der Waals surface area contributed by atoms with E-state index in [0.717, 1.165) is 6.42 Å². The van der Waals surface area contributed by atoms with Gasteiger partial charge in [0, 0.05) is 10.9 Å². The summed E-state index contributed by atoms with van der Waals surface area (Å²) in [5.74, 6) is -0.732. The third-order valence-electron chi connectivity index (χ3n) is 2.89. The van der Waals surface area contributed by atoms with Gasteiger partial charge in [0.05, 0.1) is 16.8 Å². The molecule has 21 heavy (non-hydrogen) atoms. The van der Waals surface area contributed by atoms with E-state index >= 15 is 0 Å². The molecular weight excluding hydrogens is 313 g/mol. The number of anilines is 1. The fourth-order valence-corrected chi connectivity index (χ4v) is 2.66. The SMILES string of the molecule is CCCC(N)C(=O)Nc1nc(-c2ccc(F)c(Cl)c2)cs1. The molecule has 1 aromatic heterocycles. The van der Waals surface area contributed by atoms with E-state index in [4.69, 9.17) is 17.3 Å². The molecule has 0 spiro atoms. The number of hydrogen-bond acceptors (Lipinski definition) is 4. The lowest BCUT2D eigenvalue weighted by molar-refractivity contribution is -0.117. The van der Waals surface area contributed by atoms with Crippen LogP contribution in [0.25, 0.3) is 11.3 Å². The van der Waals surface area contributed by atoms with Crippen LogP contribution in [0.3, 0.4) is 0 Å². The number of thiazole rings is 1. The van der Waals surface area contributed by atoms with E-state index in [1.165, 1.54) is 23.5 Å². The highest BCUT2D eigenvalue weighted by molar-refractivity contribution is 7.14. The van der Waals surface area contributed by atoms with E-state index in [2.05, 4.69) is 10.3 Å². The Balaban J connectivity index is 2.11. The molecule has 0 aliphatic carbocycles. The predicted octanol–water partition coefficient (Wildman–Crippen LogP) is 3.67. The average Bonchev–Trinajstić information content (AvgIpc) is 2.90. The maximum Gasteiger partial charge on any atom is 0.243 e. The number of nitrogens with one attached hydrogen (secondary N) is 1. The Hall–Kier alpha value is -1.50. The second kappa shape index (κ2) is 6.98. The largest absolute Gasteiger partial charge is 0.320 e. The van der Waals surface area contributed by atoms with Crippen LogP contribution in [0.4, 0.5) is 9.52 Å². The van der Waals surface area contributed by atoms with E-state index in [9.17, 15) is 9.18 Å². The number of hydrogen-bond donors (Lipinski definition) is 2. The number of aromatic nitrogens is 1. The third kappa shape index (κ3) is 4.00. The second-order valence-electron chi connectivity index (χ2n) is 4.55. The molecule has 1 atom stereocenters. The summed E-state index contributed by atoms with van der Waals surface area (Å²) in [4.78, 5) is 16.1. The molecule has 0 fully saturated rings. The van der Waals surface area contributed by atoms with Crippen molar-refractivity contribution in [3.63, 3.8) is 0 Å². The van der Waals surface area contributed by atoms with Crippen molar-refractivity contribution >= 4 is 34.0 Å². The van der Waals surface area contributed by atoms with Crippen molar-refractivity contribution in [1.29, 1.82) is 0 Å². The summed E-state index contributed by atoms with van der Waals surface area (Å²) in [5.41, 5.74) is 7.05. The standard InChI is InChI=1S/C14H15ClFN3OS/c1-2-3-11(17)13(20)19-14-18-12(7-21-14)8-4-5-10(16)9(15)6-8/h4-7,11H,2-3,17H2,1H3,(H,18,19,20). The molecule has 1 heterocycles. The molecule has 1 amide bonds. The van der Waals surface area contributed by atoms with Gasteiger partial charge in [-0.2, -0.15) is 0 Å². The van der Waals surface area contributed by atoms with Gasteiger partial charge in [-0.15, -0.1) is 11.3 Å². The normalized spacial score (nSPS) is 12.2. The number of carbonyl (C=O) groups excluding carboxylic acids is 1. The maximum atomic E-state index is 13.1. The van der Waals surface area contributed by atoms with Crippen LogP contribution in [0.15, 0.2) is 23.6 Å². The fraction of sp³-hybridized carbons (Fsp3) is 0.286. The van der Waals surface area contributed by atoms with Crippen molar-refractivity contribution in [2.45, 2.75) is 25.8 Å². The second-order valence-corrected chi connectivity index (χ2v) is 5.82. The van der Waals surface area contributed by atoms with Gasteiger partial charge in [-0.1, -0.05) is 24.9 Å². The fourth-order valence-electron chi connectivity index (χ4n) is 1.76. The van der Waals surface area contributed by atoms with Gasteiger partial charge in [0.15, 0.2) is 5.13 Å². The number of carbonyl (C=O) groups is 1. The molecule has 0 saturated heterocycles. The van der Waals surface area contributed by atoms with Gasteiger partial charge in [0.1, 0.15) is 5.82 Å². The molecule has 0 aliphatic rings. The maximum absolute atomic E-state index is 13.1. The van der Waals surface area contributed by atoms with Crippen molar-refractivity contribution in [3.05, 3.63) is 34.4 Å². The molecule has 2 rings (SSSR count). The number of benzene rings is 1. The Morgan fingerprint density at radius 3 is 3.00 bits per heavy atom. The van der Waals surface area contributed by atoms with Crippen LogP contribution in [0.2, 0.25) is 5.02 Å². The zero-order valence-corrected chi connectivity index (χ0v) is 13.0. The number of rotatable bonds is 5. The Morgan fingerprint density at radius 1 is 1.57 bits per heavy atom. The monoisotopic (exact) mass is 327 g/mol. The van der Waals surface area contributed by atoms with E-state index in [1.807, 2.05) is 6.92 Å². The molecule has 1 unspecified atom stereocenters. The minimum atomic E-state index is -0.539. The Labute approximate surface area is 131 Å². The molecule has 0 saturated carbocycles. The topological polar surface area (TPSA) is 68.0 Å². The lowest BCUT2D eigenvalue weighted by Gasteiger charge is -2.08. The Bertz CT molecular complexity index is 647. The summed E-state index contributed by atoms with van der Waals surface area (Å²) in [5, 5.41) is 4.95. The number of nitrogens with two attached hydrogens (primary N) is 1. The first-order valence-electron chi connectivity index (χ1n) is 6.48. The highest BCUT2D eigenvalue weighted by atomic mass is 35.5. The molecule has 0 bridgehead atoms. The minimum Gasteiger partial charge on any atom is -0.320 e. The summed E-state index contributed by atoms with van der Waals surface area (Å²) in [6.07, 6.45) is 1.46. The molecule has 2 aromatic rings. The van der Waals surface area contributed by atoms with Crippen LogP contribution >= 0.6 is 22.9 Å². The molecule has 112 valence electrons. The van der Waals surface area contributed by atoms with E-state index in [0.29, 0.717) is 22.8 Å². The van der Waals surface area contributed by atoms with E-state index in [-0.39, 0.29) is 10.9 Å². The van der Waals surface area contributed by atoms with Gasteiger partial charge >= 0.3 is 0 Å². The van der Waals surface area contributed by atoms with E-state index in [1.54, 1.807) is 11.4 Å². The summed E-state index contributed by atoms with van der Waals surface area (Å²) in [6, 6.07) is 3.83. The molecular formula is C14H15ClFN3OS. The number of halogens is 2. The Kier molecular flexibility index (Phi) is 5.27. The lowest BCUT2D eigenvalue weighted by Crippen LogP contribution is -2.35. The predicted molar refractivity (Wildman–Crippen MR) is 84.0 cm³/mol. The van der Waals surface area contributed by atoms with Gasteiger partial charge in [-0.25, -0.2) is 9.37 Å². The van der Waals surface area contributed by atoms with Crippen molar-refractivity contribution in [2.75, 3.05) is 5.32 Å². The van der Waals surface area contributed by atoms with E-state index < -0.39 is 11.9 Å². The van der Waals surface area contributed by atoms with Gasteiger partial charge in [-0.3, -0.25) is 4.79 Å². The van der Waals surface area contributed by atoms with Gasteiger partial charge < -0.3 is 11.1 Å².